The van der Waals surface area contributed by atoms with Crippen molar-refractivity contribution in [3.63, 3.8) is 0 Å². The van der Waals surface area contributed by atoms with Crippen molar-refractivity contribution in [2.24, 2.45) is 0 Å². The van der Waals surface area contributed by atoms with Crippen molar-refractivity contribution in [3.05, 3.63) is 59.4 Å². The molecule has 1 fully saturated rings. The molecule has 0 bridgehead atoms. The van der Waals surface area contributed by atoms with Crippen LogP contribution in [0.1, 0.15) is 11.3 Å². The summed E-state index contributed by atoms with van der Waals surface area (Å²) in [4.78, 5) is 20.5. The van der Waals surface area contributed by atoms with E-state index in [4.69, 9.17) is 0 Å². The van der Waals surface area contributed by atoms with E-state index in [0.29, 0.717) is 18.7 Å². The van der Waals surface area contributed by atoms with Gasteiger partial charge in [0.2, 0.25) is 5.91 Å². The Labute approximate surface area is 148 Å². The third kappa shape index (κ3) is 2.98. The molecule has 8 heteroatoms. The van der Waals surface area contributed by atoms with Crippen LogP contribution in [0.3, 0.4) is 0 Å². The van der Waals surface area contributed by atoms with Crippen molar-refractivity contribution in [1.82, 2.24) is 19.5 Å². The van der Waals surface area contributed by atoms with Gasteiger partial charge in [-0.3, -0.25) is 4.79 Å². The lowest BCUT2D eigenvalue weighted by atomic mass is 10.1. The first-order valence-electron chi connectivity index (χ1n) is 8.29. The van der Waals surface area contributed by atoms with Crippen LogP contribution in [0.15, 0.2) is 36.5 Å². The quantitative estimate of drug-likeness (QED) is 0.721. The van der Waals surface area contributed by atoms with Gasteiger partial charge in [0.15, 0.2) is 5.65 Å². The summed E-state index contributed by atoms with van der Waals surface area (Å²) < 4.78 is 28.6. The van der Waals surface area contributed by atoms with Crippen LogP contribution in [0, 0.1) is 18.6 Å². The molecule has 0 spiro atoms. The van der Waals surface area contributed by atoms with Gasteiger partial charge in [0.25, 0.3) is 0 Å². The molecule has 0 aliphatic carbocycles. The second-order valence-corrected chi connectivity index (χ2v) is 6.33. The molecule has 1 aromatic carbocycles. The molecular formula is C18H17F2N5O. The lowest BCUT2D eigenvalue weighted by molar-refractivity contribution is -0.131. The zero-order chi connectivity index (χ0) is 18.3. The predicted octanol–water partition coefficient (Wildman–Crippen LogP) is 2.16. The molecule has 1 saturated heterocycles. The van der Waals surface area contributed by atoms with Crippen molar-refractivity contribution in [1.29, 1.82) is 0 Å². The number of nitrogens with zero attached hydrogens (tertiary/aromatic N) is 5. The van der Waals surface area contributed by atoms with Gasteiger partial charge in [-0.25, -0.2) is 13.8 Å². The zero-order valence-corrected chi connectivity index (χ0v) is 14.2. The van der Waals surface area contributed by atoms with Crippen LogP contribution in [-0.4, -0.2) is 45.0 Å². The fourth-order valence-corrected chi connectivity index (χ4v) is 3.17. The molecule has 3 heterocycles. The van der Waals surface area contributed by atoms with Crippen molar-refractivity contribution < 1.29 is 13.6 Å². The van der Waals surface area contributed by atoms with E-state index >= 15 is 0 Å². The summed E-state index contributed by atoms with van der Waals surface area (Å²) in [5, 5.41) is 4.27. The van der Waals surface area contributed by atoms with Gasteiger partial charge in [-0.15, -0.1) is 0 Å². The summed E-state index contributed by atoms with van der Waals surface area (Å²) in [6.45, 7) is 3.23. The van der Waals surface area contributed by atoms with Gasteiger partial charge in [0.1, 0.15) is 17.5 Å². The Balaban J connectivity index is 1.53. The van der Waals surface area contributed by atoms with Crippen LogP contribution < -0.4 is 4.90 Å². The van der Waals surface area contributed by atoms with Gasteiger partial charge in [0.05, 0.1) is 12.7 Å². The van der Waals surface area contributed by atoms with Crippen LogP contribution in [0.25, 0.3) is 5.65 Å². The molecule has 6 nitrogen and oxygen atoms in total. The molecule has 2 aromatic heterocycles. The molecule has 3 aromatic rings. The molecular weight excluding hydrogens is 340 g/mol. The number of aryl methyl sites for hydroxylation is 1. The molecule has 1 amide bonds. The van der Waals surface area contributed by atoms with Crippen LogP contribution >= 0.6 is 0 Å². The zero-order valence-electron chi connectivity index (χ0n) is 14.2. The standard InChI is InChI=1S/C18H17F2N5O/c1-12-8-17(25-16(22-12)4-5-21-25)23-6-7-24(18(26)11-23)10-13-2-3-14(19)9-15(13)20/h2-5,8-9H,6-7,10-11H2,1H3. The molecule has 0 atom stereocenters. The fourth-order valence-electron chi connectivity index (χ4n) is 3.17. The maximum atomic E-state index is 13.9. The van der Waals surface area contributed by atoms with E-state index in [1.807, 2.05) is 24.0 Å². The third-order valence-corrected chi connectivity index (χ3v) is 4.49. The van der Waals surface area contributed by atoms with Gasteiger partial charge in [0, 0.05) is 49.1 Å². The predicted molar refractivity (Wildman–Crippen MR) is 91.7 cm³/mol. The van der Waals surface area contributed by atoms with Crippen LogP contribution in [0.2, 0.25) is 0 Å². The summed E-state index contributed by atoms with van der Waals surface area (Å²) in [7, 11) is 0. The average molecular weight is 357 g/mol. The van der Waals surface area contributed by atoms with Gasteiger partial charge < -0.3 is 9.80 Å². The first-order valence-corrected chi connectivity index (χ1v) is 8.29. The second kappa shape index (κ2) is 6.36. The Morgan fingerprint density at radius 1 is 1.15 bits per heavy atom. The number of carbonyl (C=O) groups excluding carboxylic acids is 1. The Bertz CT molecular complexity index is 987. The Kier molecular flexibility index (Phi) is 4.02. The average Bonchev–Trinajstić information content (AvgIpc) is 3.06. The summed E-state index contributed by atoms with van der Waals surface area (Å²) in [5.74, 6) is -0.574. The van der Waals surface area contributed by atoms with E-state index in [9.17, 15) is 13.6 Å². The number of benzene rings is 1. The molecule has 0 N–H and O–H groups in total. The van der Waals surface area contributed by atoms with Crippen molar-refractivity contribution in [2.45, 2.75) is 13.5 Å². The fraction of sp³-hybridized carbons (Fsp3) is 0.278. The van der Waals surface area contributed by atoms with E-state index in [0.717, 1.165) is 23.2 Å². The Hall–Kier alpha value is -3.03. The number of piperazine rings is 1. The lowest BCUT2D eigenvalue weighted by Crippen LogP contribution is -2.50. The van der Waals surface area contributed by atoms with E-state index in [1.54, 1.807) is 15.6 Å². The number of hydrogen-bond donors (Lipinski definition) is 0. The Morgan fingerprint density at radius 3 is 2.77 bits per heavy atom. The molecule has 1 aliphatic heterocycles. The number of amides is 1. The second-order valence-electron chi connectivity index (χ2n) is 6.33. The molecule has 4 rings (SSSR count). The minimum absolute atomic E-state index is 0.116. The minimum Gasteiger partial charge on any atom is -0.345 e. The largest absolute Gasteiger partial charge is 0.345 e. The van der Waals surface area contributed by atoms with Crippen LogP contribution in [-0.2, 0) is 11.3 Å². The number of fused-ring (bicyclic) bond motifs is 1. The highest BCUT2D eigenvalue weighted by atomic mass is 19.1. The number of aromatic nitrogens is 3. The molecule has 0 radical (unpaired) electrons. The smallest absolute Gasteiger partial charge is 0.242 e. The summed E-state index contributed by atoms with van der Waals surface area (Å²) >= 11 is 0. The first kappa shape index (κ1) is 16.4. The number of hydrogen-bond acceptors (Lipinski definition) is 4. The van der Waals surface area contributed by atoms with Crippen molar-refractivity contribution in [2.75, 3.05) is 24.5 Å². The Morgan fingerprint density at radius 2 is 2.00 bits per heavy atom. The van der Waals surface area contributed by atoms with Gasteiger partial charge in [-0.2, -0.15) is 9.61 Å². The molecule has 0 unspecified atom stereocenters. The highest BCUT2D eigenvalue weighted by molar-refractivity contribution is 5.82. The lowest BCUT2D eigenvalue weighted by Gasteiger charge is -2.35. The van der Waals surface area contributed by atoms with E-state index in [1.165, 1.54) is 12.1 Å². The SMILES string of the molecule is Cc1cc(N2CCN(Cc3ccc(F)cc3F)C(=O)C2)n2nccc2n1. The van der Waals surface area contributed by atoms with Crippen LogP contribution in [0.5, 0.6) is 0 Å². The van der Waals surface area contributed by atoms with E-state index in [2.05, 4.69) is 10.1 Å². The van der Waals surface area contributed by atoms with Crippen LogP contribution in [0.4, 0.5) is 14.6 Å². The normalized spacial score (nSPS) is 15.1. The third-order valence-electron chi connectivity index (χ3n) is 4.49. The summed E-state index contributed by atoms with van der Waals surface area (Å²) in [5.41, 5.74) is 1.88. The summed E-state index contributed by atoms with van der Waals surface area (Å²) in [6, 6.07) is 7.12. The number of carbonyl (C=O) groups is 1. The summed E-state index contributed by atoms with van der Waals surface area (Å²) in [6.07, 6.45) is 1.67. The number of anilines is 1. The molecule has 0 saturated carbocycles. The minimum atomic E-state index is -0.636. The van der Waals surface area contributed by atoms with Gasteiger partial charge in [-0.1, -0.05) is 6.07 Å². The topological polar surface area (TPSA) is 53.7 Å². The number of rotatable bonds is 3. The maximum absolute atomic E-state index is 13.9. The first-order chi connectivity index (χ1) is 12.5. The monoisotopic (exact) mass is 357 g/mol. The van der Waals surface area contributed by atoms with Gasteiger partial charge in [-0.05, 0) is 13.0 Å². The molecule has 1 aliphatic rings. The van der Waals surface area contributed by atoms with Crippen molar-refractivity contribution >= 4 is 17.4 Å². The highest BCUT2D eigenvalue weighted by Gasteiger charge is 2.26. The van der Waals surface area contributed by atoms with Gasteiger partial charge >= 0.3 is 0 Å². The molecule has 134 valence electrons. The molecule has 26 heavy (non-hydrogen) atoms. The van der Waals surface area contributed by atoms with E-state index in [-0.39, 0.29) is 19.0 Å². The van der Waals surface area contributed by atoms with E-state index < -0.39 is 11.6 Å². The number of halogens is 2. The van der Waals surface area contributed by atoms with Crippen molar-refractivity contribution in [3.8, 4) is 0 Å². The highest BCUT2D eigenvalue weighted by Crippen LogP contribution is 2.20. The maximum Gasteiger partial charge on any atom is 0.242 e.